The van der Waals surface area contributed by atoms with Gasteiger partial charge in [0.05, 0.1) is 6.54 Å². The molecule has 0 saturated carbocycles. The Labute approximate surface area is 171 Å². The molecule has 0 aliphatic rings. The summed E-state index contributed by atoms with van der Waals surface area (Å²) in [6.07, 6.45) is 0. The van der Waals surface area contributed by atoms with Crippen LogP contribution < -0.4 is 10.6 Å². The zero-order valence-corrected chi connectivity index (χ0v) is 16.3. The summed E-state index contributed by atoms with van der Waals surface area (Å²) < 4.78 is 37.9. The number of carbonyl (C=O) groups is 2. The van der Waals surface area contributed by atoms with E-state index in [2.05, 4.69) is 15.6 Å². The van der Waals surface area contributed by atoms with Crippen LogP contribution in [0.4, 0.5) is 14.5 Å². The highest BCUT2D eigenvalue weighted by atomic mass is 19.1. The average molecular weight is 415 g/mol. The third-order valence-electron chi connectivity index (χ3n) is 4.17. The molecule has 0 saturated heterocycles. The third-order valence-corrected chi connectivity index (χ3v) is 4.17. The highest BCUT2D eigenvalue weighted by Gasteiger charge is 2.18. The summed E-state index contributed by atoms with van der Waals surface area (Å²) in [5.41, 5.74) is 0.892. The number of benzene rings is 2. The fourth-order valence-electron chi connectivity index (χ4n) is 2.74. The van der Waals surface area contributed by atoms with Crippen LogP contribution in [0.2, 0.25) is 0 Å². The predicted octanol–water partition coefficient (Wildman–Crippen LogP) is 3.44. The molecule has 0 radical (unpaired) electrons. The first-order valence-corrected chi connectivity index (χ1v) is 8.96. The molecule has 3 rings (SSSR count). The Morgan fingerprint density at radius 1 is 1.13 bits per heavy atom. The van der Waals surface area contributed by atoms with Gasteiger partial charge in [0.25, 0.3) is 5.91 Å². The number of rotatable bonds is 7. The number of ether oxygens (including phenoxy) is 1. The number of aryl methyl sites for hydroxylation is 1. The Bertz CT molecular complexity index is 1060. The van der Waals surface area contributed by atoms with Gasteiger partial charge in [0, 0.05) is 18.4 Å². The maximum absolute atomic E-state index is 13.7. The van der Waals surface area contributed by atoms with Crippen molar-refractivity contribution in [3.63, 3.8) is 0 Å². The van der Waals surface area contributed by atoms with E-state index in [1.807, 2.05) is 0 Å². The van der Waals surface area contributed by atoms with Gasteiger partial charge in [-0.15, -0.1) is 0 Å². The van der Waals surface area contributed by atoms with Gasteiger partial charge in [0.2, 0.25) is 11.8 Å². The minimum Gasteiger partial charge on any atom is -0.441 e. The molecule has 0 spiro atoms. The molecule has 7 nitrogen and oxygen atoms in total. The Morgan fingerprint density at radius 2 is 1.83 bits per heavy atom. The average Bonchev–Trinajstić information content (AvgIpc) is 3.07. The second-order valence-electron chi connectivity index (χ2n) is 6.36. The van der Waals surface area contributed by atoms with E-state index in [-0.39, 0.29) is 24.9 Å². The molecule has 0 aliphatic carbocycles. The number of anilines is 1. The van der Waals surface area contributed by atoms with Gasteiger partial charge >= 0.3 is 0 Å². The standard InChI is InChI=1S/C21H19F2N3O4/c1-12-17(10-24-20(28)19-15(22)7-4-8-16(19)23)26-21(30-12)13-5-3-6-14(9-13)25-18(27)11-29-2/h3-9H,10-11H2,1-2H3,(H,24,28)(H,25,27). The predicted molar refractivity (Wildman–Crippen MR) is 105 cm³/mol. The molecule has 0 atom stereocenters. The lowest BCUT2D eigenvalue weighted by Crippen LogP contribution is -2.25. The van der Waals surface area contributed by atoms with Crippen LogP contribution in [0.15, 0.2) is 46.9 Å². The monoisotopic (exact) mass is 415 g/mol. The quantitative estimate of drug-likeness (QED) is 0.617. The SMILES string of the molecule is COCC(=O)Nc1cccc(-c2nc(CNC(=O)c3c(F)cccc3F)c(C)o2)c1. The van der Waals surface area contributed by atoms with Crippen molar-refractivity contribution in [2.75, 3.05) is 19.0 Å². The fraction of sp³-hybridized carbons (Fsp3) is 0.190. The van der Waals surface area contributed by atoms with E-state index < -0.39 is 23.1 Å². The van der Waals surface area contributed by atoms with Gasteiger partial charge in [-0.25, -0.2) is 13.8 Å². The molecule has 30 heavy (non-hydrogen) atoms. The Balaban J connectivity index is 1.73. The first-order valence-electron chi connectivity index (χ1n) is 8.96. The molecule has 156 valence electrons. The summed E-state index contributed by atoms with van der Waals surface area (Å²) in [6.45, 7) is 1.51. The molecule has 0 fully saturated rings. The second-order valence-corrected chi connectivity index (χ2v) is 6.36. The van der Waals surface area contributed by atoms with Gasteiger partial charge in [-0.2, -0.15) is 0 Å². The topological polar surface area (TPSA) is 93.5 Å². The van der Waals surface area contributed by atoms with Crippen LogP contribution in [0.25, 0.3) is 11.5 Å². The Hall–Kier alpha value is -3.59. The number of hydrogen-bond acceptors (Lipinski definition) is 5. The number of aromatic nitrogens is 1. The van der Waals surface area contributed by atoms with Crippen LogP contribution in [0.1, 0.15) is 21.8 Å². The molecule has 3 aromatic rings. The Morgan fingerprint density at radius 3 is 2.53 bits per heavy atom. The third kappa shape index (κ3) is 4.87. The Kier molecular flexibility index (Phi) is 6.53. The van der Waals surface area contributed by atoms with E-state index in [0.717, 1.165) is 12.1 Å². The van der Waals surface area contributed by atoms with Crippen molar-refractivity contribution < 1.29 is 27.5 Å². The molecule has 0 aliphatic heterocycles. The van der Waals surface area contributed by atoms with E-state index in [0.29, 0.717) is 22.7 Å². The van der Waals surface area contributed by atoms with Gasteiger partial charge in [-0.3, -0.25) is 9.59 Å². The van der Waals surface area contributed by atoms with Crippen molar-refractivity contribution in [3.8, 4) is 11.5 Å². The molecule has 1 aromatic heterocycles. The number of halogens is 2. The summed E-state index contributed by atoms with van der Waals surface area (Å²) in [7, 11) is 1.42. The summed E-state index contributed by atoms with van der Waals surface area (Å²) in [5, 5.41) is 5.12. The molecule has 0 unspecified atom stereocenters. The normalized spacial score (nSPS) is 10.7. The zero-order chi connectivity index (χ0) is 21.7. The fourth-order valence-corrected chi connectivity index (χ4v) is 2.74. The number of amides is 2. The van der Waals surface area contributed by atoms with Gasteiger partial charge in [-0.1, -0.05) is 12.1 Å². The summed E-state index contributed by atoms with van der Waals surface area (Å²) in [5.74, 6) is -2.38. The van der Waals surface area contributed by atoms with E-state index in [9.17, 15) is 18.4 Å². The number of oxazole rings is 1. The second kappa shape index (κ2) is 9.27. The van der Waals surface area contributed by atoms with Crippen LogP contribution in [0.3, 0.4) is 0 Å². The van der Waals surface area contributed by atoms with Crippen molar-refractivity contribution in [3.05, 3.63) is 71.1 Å². The van der Waals surface area contributed by atoms with Crippen molar-refractivity contribution in [1.82, 2.24) is 10.3 Å². The van der Waals surface area contributed by atoms with Gasteiger partial charge in [-0.05, 0) is 37.3 Å². The van der Waals surface area contributed by atoms with Gasteiger partial charge in [0.1, 0.15) is 35.3 Å². The highest BCUT2D eigenvalue weighted by Crippen LogP contribution is 2.24. The number of nitrogens with one attached hydrogen (secondary N) is 2. The molecule has 9 heteroatoms. The summed E-state index contributed by atoms with van der Waals surface area (Å²) >= 11 is 0. The van der Waals surface area contributed by atoms with Crippen molar-refractivity contribution in [2.24, 2.45) is 0 Å². The number of carbonyl (C=O) groups excluding carboxylic acids is 2. The lowest BCUT2D eigenvalue weighted by molar-refractivity contribution is -0.119. The van der Waals surface area contributed by atoms with Crippen molar-refractivity contribution >= 4 is 17.5 Å². The molecule has 2 aromatic carbocycles. The van der Waals surface area contributed by atoms with Crippen LogP contribution in [-0.2, 0) is 16.1 Å². The van der Waals surface area contributed by atoms with E-state index in [1.165, 1.54) is 13.2 Å². The largest absolute Gasteiger partial charge is 0.441 e. The maximum Gasteiger partial charge on any atom is 0.257 e. The first-order chi connectivity index (χ1) is 14.4. The molecular formula is C21H19F2N3O4. The van der Waals surface area contributed by atoms with E-state index in [1.54, 1.807) is 31.2 Å². The first kappa shape index (κ1) is 21.1. The van der Waals surface area contributed by atoms with E-state index >= 15 is 0 Å². The summed E-state index contributed by atoms with van der Waals surface area (Å²) in [6, 6.07) is 10.0. The molecule has 0 bridgehead atoms. The highest BCUT2D eigenvalue weighted by molar-refractivity contribution is 5.94. The number of hydrogen-bond donors (Lipinski definition) is 2. The van der Waals surface area contributed by atoms with Crippen molar-refractivity contribution in [1.29, 1.82) is 0 Å². The number of nitrogens with zero attached hydrogens (tertiary/aromatic N) is 1. The van der Waals surface area contributed by atoms with Crippen LogP contribution >= 0.6 is 0 Å². The lowest BCUT2D eigenvalue weighted by Gasteiger charge is -2.06. The minimum atomic E-state index is -0.947. The van der Waals surface area contributed by atoms with Gasteiger partial charge in [0.15, 0.2) is 0 Å². The molecule has 1 heterocycles. The van der Waals surface area contributed by atoms with Crippen LogP contribution in [0.5, 0.6) is 0 Å². The van der Waals surface area contributed by atoms with E-state index in [4.69, 9.17) is 9.15 Å². The zero-order valence-electron chi connectivity index (χ0n) is 16.3. The number of methoxy groups -OCH3 is 1. The molecule has 2 amide bonds. The van der Waals surface area contributed by atoms with Crippen molar-refractivity contribution in [2.45, 2.75) is 13.5 Å². The molecular weight excluding hydrogens is 396 g/mol. The summed E-state index contributed by atoms with van der Waals surface area (Å²) in [4.78, 5) is 28.2. The smallest absolute Gasteiger partial charge is 0.257 e. The minimum absolute atomic E-state index is 0.0746. The molecule has 2 N–H and O–H groups in total. The van der Waals surface area contributed by atoms with Gasteiger partial charge < -0.3 is 19.8 Å². The van der Waals surface area contributed by atoms with Crippen LogP contribution in [-0.4, -0.2) is 30.5 Å². The lowest BCUT2D eigenvalue weighted by atomic mass is 10.2. The van der Waals surface area contributed by atoms with Crippen LogP contribution in [0, 0.1) is 18.6 Å². The maximum atomic E-state index is 13.7.